The summed E-state index contributed by atoms with van der Waals surface area (Å²) in [5, 5.41) is 9.93. The molecule has 2 aliphatic heterocycles. The summed E-state index contributed by atoms with van der Waals surface area (Å²) in [7, 11) is 0. The maximum atomic E-state index is 12.3. The Bertz CT molecular complexity index is 888. The van der Waals surface area contributed by atoms with Gasteiger partial charge in [0.1, 0.15) is 0 Å². The molecule has 136 valence electrons. The molecule has 0 saturated carbocycles. The van der Waals surface area contributed by atoms with Crippen molar-refractivity contribution in [3.8, 4) is 0 Å². The van der Waals surface area contributed by atoms with Gasteiger partial charge in [0, 0.05) is 0 Å². The zero-order valence-electron chi connectivity index (χ0n) is 13.4. The summed E-state index contributed by atoms with van der Waals surface area (Å²) in [4.78, 5) is 26.8. The minimum atomic E-state index is -1.10. The van der Waals surface area contributed by atoms with Crippen molar-refractivity contribution < 1.29 is 14.7 Å². The number of thiocarbonyl (C=S) groups is 1. The fraction of sp³-hybridized carbons (Fsp3) is 0.188. The Labute approximate surface area is 176 Å². The van der Waals surface area contributed by atoms with Gasteiger partial charge in [-0.3, -0.25) is 0 Å². The monoisotopic (exact) mass is 494 g/mol. The Balaban J connectivity index is 1.87. The number of nitrogens with zero attached hydrogens (tertiary/aromatic N) is 2. The van der Waals surface area contributed by atoms with Crippen molar-refractivity contribution in [2.24, 2.45) is 0 Å². The molecule has 2 heterocycles. The Hall–Kier alpha value is -1.02. The molecule has 0 aromatic heterocycles. The number of anilines is 1. The third kappa shape index (κ3) is 3.81. The third-order valence-corrected chi connectivity index (χ3v) is 8.09. The first kappa shape index (κ1) is 19.7. The molecule has 0 spiro atoms. The second-order valence-electron chi connectivity index (χ2n) is 5.27. The Morgan fingerprint density at radius 1 is 1.31 bits per heavy atom. The van der Waals surface area contributed by atoms with E-state index in [9.17, 15) is 9.59 Å². The van der Waals surface area contributed by atoms with Gasteiger partial charge in [-0.2, -0.15) is 0 Å². The van der Waals surface area contributed by atoms with Gasteiger partial charge < -0.3 is 0 Å². The second kappa shape index (κ2) is 7.92. The molecule has 1 aromatic carbocycles. The zero-order valence-corrected chi connectivity index (χ0v) is 18.2. The van der Waals surface area contributed by atoms with E-state index in [0.29, 0.717) is 15.0 Å². The summed E-state index contributed by atoms with van der Waals surface area (Å²) in [6.07, 6.45) is 3.59. The number of carbonyl (C=O) groups excluding carboxylic acids is 1. The molecular formula is C16H12Cl2N2O3S2Se. The summed E-state index contributed by atoms with van der Waals surface area (Å²) < 4.78 is 2.46. The van der Waals surface area contributed by atoms with E-state index in [-0.39, 0.29) is 25.2 Å². The second-order valence-corrected chi connectivity index (χ2v) is 9.99. The maximum absolute atomic E-state index is 12.3. The zero-order chi connectivity index (χ0) is 19.0. The average Bonchev–Trinajstić information content (AvgIpc) is 3.04. The number of halogens is 2. The number of fused-ring (bicyclic) bond motifs is 1. The van der Waals surface area contributed by atoms with E-state index < -0.39 is 12.5 Å². The number of allylic oxidation sites excluding steroid dienone is 2. The number of carboxylic acids is 1. The molecule has 1 aromatic rings. The van der Waals surface area contributed by atoms with Crippen molar-refractivity contribution in [3.63, 3.8) is 0 Å². The van der Waals surface area contributed by atoms with Gasteiger partial charge in [-0.05, 0) is 0 Å². The van der Waals surface area contributed by atoms with Crippen molar-refractivity contribution >= 4 is 88.5 Å². The molecule has 0 unspecified atom stereocenters. The van der Waals surface area contributed by atoms with Crippen LogP contribution in [0.15, 0.2) is 33.8 Å². The van der Waals surface area contributed by atoms with Gasteiger partial charge in [-0.15, -0.1) is 0 Å². The van der Waals surface area contributed by atoms with Crippen LogP contribution in [-0.4, -0.2) is 54.2 Å². The molecular weight excluding hydrogens is 482 g/mol. The molecule has 1 N–H and O–H groups in total. The van der Waals surface area contributed by atoms with Crippen LogP contribution in [0.2, 0.25) is 10.0 Å². The van der Waals surface area contributed by atoms with Gasteiger partial charge in [-0.25, -0.2) is 0 Å². The normalized spacial score (nSPS) is 19.8. The van der Waals surface area contributed by atoms with E-state index in [1.807, 2.05) is 25.1 Å². The quantitative estimate of drug-likeness (QED) is 0.395. The summed E-state index contributed by atoms with van der Waals surface area (Å²) in [6.45, 7) is 2.37. The molecule has 2 aliphatic rings. The van der Waals surface area contributed by atoms with E-state index in [1.54, 1.807) is 6.08 Å². The van der Waals surface area contributed by atoms with E-state index >= 15 is 0 Å². The molecule has 5 nitrogen and oxygen atoms in total. The molecule has 26 heavy (non-hydrogen) atoms. The first-order valence-corrected chi connectivity index (χ1v) is 11.1. The predicted molar refractivity (Wildman–Crippen MR) is 111 cm³/mol. The molecule has 3 rings (SSSR count). The number of benzene rings is 1. The number of carboxylic acid groups (broad SMARTS) is 1. The first-order chi connectivity index (χ1) is 12.3. The van der Waals surface area contributed by atoms with Crippen molar-refractivity contribution in [3.05, 3.63) is 43.8 Å². The molecule has 1 amide bonds. The molecule has 0 atom stereocenters. The van der Waals surface area contributed by atoms with Crippen molar-refractivity contribution in [2.45, 2.75) is 6.92 Å². The van der Waals surface area contributed by atoms with Crippen LogP contribution in [0.25, 0.3) is 0 Å². The standard InChI is InChI=1S/C16H12Cl2N2O3S2Se/c1-2-19-10-5-8(17)9(18)6-12(10)26-13(19)4-3-11-15(23)20(7-14(21)22)16(24)25-11/h3-6H,2,7H2,1H3,(H,21,22)/b11-3+,13-4-. The van der Waals surface area contributed by atoms with Gasteiger partial charge in [-0.1, -0.05) is 0 Å². The molecule has 0 aliphatic carbocycles. The number of hydrogen-bond acceptors (Lipinski definition) is 5. The number of rotatable bonds is 4. The van der Waals surface area contributed by atoms with Gasteiger partial charge in [0.05, 0.1) is 0 Å². The molecule has 0 bridgehead atoms. The van der Waals surface area contributed by atoms with Crippen LogP contribution in [0.4, 0.5) is 5.69 Å². The van der Waals surface area contributed by atoms with Crippen LogP contribution in [-0.2, 0) is 9.59 Å². The molecule has 1 saturated heterocycles. The van der Waals surface area contributed by atoms with E-state index in [2.05, 4.69) is 4.90 Å². The minimum absolute atomic E-state index is 0.0320. The summed E-state index contributed by atoms with van der Waals surface area (Å²) in [5.41, 5.74) is 1.03. The Morgan fingerprint density at radius 2 is 2.00 bits per heavy atom. The predicted octanol–water partition coefficient (Wildman–Crippen LogP) is 2.83. The summed E-state index contributed by atoms with van der Waals surface area (Å²) in [6, 6.07) is 3.74. The van der Waals surface area contributed by atoms with Crippen LogP contribution < -0.4 is 9.36 Å². The average molecular weight is 494 g/mol. The number of hydrogen-bond donors (Lipinski definition) is 1. The van der Waals surface area contributed by atoms with Crippen molar-refractivity contribution in [1.82, 2.24) is 4.90 Å². The van der Waals surface area contributed by atoms with Crippen LogP contribution in [0, 0.1) is 0 Å². The van der Waals surface area contributed by atoms with Crippen molar-refractivity contribution in [1.29, 1.82) is 0 Å². The molecule has 10 heteroatoms. The fourth-order valence-corrected chi connectivity index (χ4v) is 6.56. The summed E-state index contributed by atoms with van der Waals surface area (Å²) >= 11 is 18.5. The number of thioether (sulfide) groups is 1. The number of aliphatic carboxylic acids is 1. The van der Waals surface area contributed by atoms with Gasteiger partial charge in [0.2, 0.25) is 0 Å². The van der Waals surface area contributed by atoms with Crippen LogP contribution in [0.3, 0.4) is 0 Å². The Kier molecular flexibility index (Phi) is 6.01. The van der Waals surface area contributed by atoms with Gasteiger partial charge in [0.15, 0.2) is 0 Å². The third-order valence-electron chi connectivity index (χ3n) is 3.63. The first-order valence-electron chi connectivity index (χ1n) is 7.43. The fourth-order valence-electron chi connectivity index (χ4n) is 2.48. The number of carbonyl (C=O) groups is 2. The van der Waals surface area contributed by atoms with E-state index in [4.69, 9.17) is 40.5 Å². The van der Waals surface area contributed by atoms with Crippen molar-refractivity contribution in [2.75, 3.05) is 18.0 Å². The van der Waals surface area contributed by atoms with Gasteiger partial charge >= 0.3 is 177 Å². The number of amides is 1. The van der Waals surface area contributed by atoms with Gasteiger partial charge in [0.25, 0.3) is 0 Å². The molecule has 1 fully saturated rings. The van der Waals surface area contributed by atoms with Crippen LogP contribution in [0.1, 0.15) is 6.92 Å². The SMILES string of the molecule is CCN1/C(=C/C=C2/SC(=S)N(CC(=O)O)C2=O)[Se]c2cc(Cl)c(Cl)cc21. The van der Waals surface area contributed by atoms with E-state index in [1.165, 1.54) is 0 Å². The Morgan fingerprint density at radius 3 is 2.65 bits per heavy atom. The van der Waals surface area contributed by atoms with Crippen LogP contribution in [0.5, 0.6) is 0 Å². The topological polar surface area (TPSA) is 60.9 Å². The van der Waals surface area contributed by atoms with E-state index in [0.717, 1.165) is 38.0 Å². The van der Waals surface area contributed by atoms with Crippen LogP contribution >= 0.6 is 47.2 Å². The molecule has 0 radical (unpaired) electrons. The summed E-state index contributed by atoms with van der Waals surface area (Å²) in [5.74, 6) is -1.47.